The number of carboxylic acid groups (broad SMARTS) is 1. The highest BCUT2D eigenvalue weighted by Gasteiger charge is 1.97. The molecule has 0 aliphatic rings. The SMILES string of the molecule is O=C(O)C=Cc1ccc(Cn2ccccc2=O)cc1. The van der Waals surface area contributed by atoms with Gasteiger partial charge in [0.05, 0.1) is 6.54 Å². The first-order chi connectivity index (χ1) is 9.15. The molecule has 0 radical (unpaired) electrons. The van der Waals surface area contributed by atoms with Crippen LogP contribution < -0.4 is 5.56 Å². The van der Waals surface area contributed by atoms with Crippen LogP contribution in [-0.4, -0.2) is 15.6 Å². The van der Waals surface area contributed by atoms with Crippen LogP contribution in [0.4, 0.5) is 0 Å². The maximum absolute atomic E-state index is 11.6. The molecule has 1 N–H and O–H groups in total. The molecule has 0 fully saturated rings. The molecule has 2 aromatic rings. The molecule has 0 saturated carbocycles. The van der Waals surface area contributed by atoms with Crippen LogP contribution in [0.3, 0.4) is 0 Å². The van der Waals surface area contributed by atoms with Gasteiger partial charge >= 0.3 is 5.97 Å². The van der Waals surface area contributed by atoms with Gasteiger partial charge in [0.25, 0.3) is 5.56 Å². The summed E-state index contributed by atoms with van der Waals surface area (Å²) in [5, 5.41) is 8.53. The molecule has 0 atom stereocenters. The number of carbonyl (C=O) groups is 1. The van der Waals surface area contributed by atoms with Crippen molar-refractivity contribution in [2.45, 2.75) is 6.54 Å². The smallest absolute Gasteiger partial charge is 0.328 e. The second-order valence-electron chi connectivity index (χ2n) is 4.08. The molecular formula is C15H13NO3. The van der Waals surface area contributed by atoms with Crippen molar-refractivity contribution < 1.29 is 9.90 Å². The largest absolute Gasteiger partial charge is 0.478 e. The monoisotopic (exact) mass is 255 g/mol. The third-order valence-electron chi connectivity index (χ3n) is 2.65. The number of carboxylic acids is 1. The van der Waals surface area contributed by atoms with E-state index in [4.69, 9.17) is 5.11 Å². The van der Waals surface area contributed by atoms with Crippen LogP contribution in [-0.2, 0) is 11.3 Å². The molecule has 1 heterocycles. The van der Waals surface area contributed by atoms with E-state index in [0.29, 0.717) is 6.54 Å². The molecule has 2 rings (SSSR count). The van der Waals surface area contributed by atoms with Gasteiger partial charge in [-0.3, -0.25) is 4.79 Å². The highest BCUT2D eigenvalue weighted by Crippen LogP contribution is 2.07. The minimum absolute atomic E-state index is 0.0441. The first-order valence-corrected chi connectivity index (χ1v) is 5.80. The van der Waals surface area contributed by atoms with E-state index >= 15 is 0 Å². The highest BCUT2D eigenvalue weighted by molar-refractivity contribution is 5.85. The van der Waals surface area contributed by atoms with Gasteiger partial charge in [0.1, 0.15) is 0 Å². The molecule has 0 amide bonds. The van der Waals surface area contributed by atoms with E-state index in [1.807, 2.05) is 30.3 Å². The Labute approximate surface area is 110 Å². The average molecular weight is 255 g/mol. The summed E-state index contributed by atoms with van der Waals surface area (Å²) < 4.78 is 1.61. The van der Waals surface area contributed by atoms with Gasteiger partial charge in [-0.25, -0.2) is 4.79 Å². The van der Waals surface area contributed by atoms with Crippen LogP contribution >= 0.6 is 0 Å². The molecule has 0 aliphatic heterocycles. The highest BCUT2D eigenvalue weighted by atomic mass is 16.4. The van der Waals surface area contributed by atoms with Crippen LogP contribution in [0, 0.1) is 0 Å². The van der Waals surface area contributed by atoms with Crippen molar-refractivity contribution in [2.75, 3.05) is 0 Å². The summed E-state index contributed by atoms with van der Waals surface area (Å²) >= 11 is 0. The fraction of sp³-hybridized carbons (Fsp3) is 0.0667. The van der Waals surface area contributed by atoms with Crippen molar-refractivity contribution in [3.05, 3.63) is 76.2 Å². The zero-order chi connectivity index (χ0) is 13.7. The lowest BCUT2D eigenvalue weighted by atomic mass is 10.1. The predicted molar refractivity (Wildman–Crippen MR) is 72.9 cm³/mol. The first kappa shape index (κ1) is 12.8. The van der Waals surface area contributed by atoms with Gasteiger partial charge in [0.15, 0.2) is 0 Å². The normalized spacial score (nSPS) is 10.7. The second-order valence-corrected chi connectivity index (χ2v) is 4.08. The van der Waals surface area contributed by atoms with Crippen molar-refractivity contribution in [3.63, 3.8) is 0 Å². The van der Waals surface area contributed by atoms with E-state index in [1.54, 1.807) is 16.8 Å². The summed E-state index contributed by atoms with van der Waals surface area (Å²) in [5.74, 6) is -0.972. The van der Waals surface area contributed by atoms with Crippen LogP contribution in [0.2, 0.25) is 0 Å². The topological polar surface area (TPSA) is 59.3 Å². The maximum Gasteiger partial charge on any atom is 0.328 e. The van der Waals surface area contributed by atoms with Gasteiger partial charge in [-0.1, -0.05) is 30.3 Å². The molecule has 96 valence electrons. The van der Waals surface area contributed by atoms with Crippen LogP contribution in [0.25, 0.3) is 6.08 Å². The Morgan fingerprint density at radius 2 is 1.89 bits per heavy atom. The van der Waals surface area contributed by atoms with Gasteiger partial charge < -0.3 is 9.67 Å². The van der Waals surface area contributed by atoms with Gasteiger partial charge in [-0.2, -0.15) is 0 Å². The number of benzene rings is 1. The summed E-state index contributed by atoms with van der Waals surface area (Å²) in [4.78, 5) is 21.9. The number of hydrogen-bond acceptors (Lipinski definition) is 2. The van der Waals surface area contributed by atoms with Gasteiger partial charge in [0.2, 0.25) is 0 Å². The van der Waals surface area contributed by atoms with Crippen LogP contribution in [0.15, 0.2) is 59.5 Å². The van der Waals surface area contributed by atoms with Crippen molar-refractivity contribution >= 4 is 12.0 Å². The fourth-order valence-electron chi connectivity index (χ4n) is 1.69. The Morgan fingerprint density at radius 1 is 1.16 bits per heavy atom. The lowest BCUT2D eigenvalue weighted by molar-refractivity contribution is -0.131. The molecule has 1 aromatic heterocycles. The van der Waals surface area contributed by atoms with E-state index in [9.17, 15) is 9.59 Å². The van der Waals surface area contributed by atoms with Gasteiger partial charge in [-0.15, -0.1) is 0 Å². The number of pyridine rings is 1. The van der Waals surface area contributed by atoms with E-state index < -0.39 is 5.97 Å². The molecule has 0 bridgehead atoms. The Hall–Kier alpha value is -2.62. The zero-order valence-electron chi connectivity index (χ0n) is 10.2. The molecule has 4 heteroatoms. The Morgan fingerprint density at radius 3 is 2.53 bits per heavy atom. The van der Waals surface area contributed by atoms with Crippen molar-refractivity contribution in [2.24, 2.45) is 0 Å². The molecular weight excluding hydrogens is 242 g/mol. The number of nitrogens with zero attached hydrogens (tertiary/aromatic N) is 1. The zero-order valence-corrected chi connectivity index (χ0v) is 10.2. The molecule has 4 nitrogen and oxygen atoms in total. The lowest BCUT2D eigenvalue weighted by Crippen LogP contribution is -2.18. The molecule has 0 unspecified atom stereocenters. The van der Waals surface area contributed by atoms with E-state index in [0.717, 1.165) is 17.2 Å². The minimum atomic E-state index is -0.972. The summed E-state index contributed by atoms with van der Waals surface area (Å²) in [6.45, 7) is 0.503. The summed E-state index contributed by atoms with van der Waals surface area (Å²) in [6, 6.07) is 12.4. The van der Waals surface area contributed by atoms with Gasteiger partial charge in [-0.05, 0) is 23.3 Å². The van der Waals surface area contributed by atoms with Crippen molar-refractivity contribution in [1.29, 1.82) is 0 Å². The summed E-state index contributed by atoms with van der Waals surface area (Å²) in [7, 11) is 0. The quantitative estimate of drug-likeness (QED) is 0.850. The number of aromatic nitrogens is 1. The van der Waals surface area contributed by atoms with Crippen molar-refractivity contribution in [1.82, 2.24) is 4.57 Å². The Balaban J connectivity index is 2.13. The van der Waals surface area contributed by atoms with Crippen LogP contribution in [0.5, 0.6) is 0 Å². The van der Waals surface area contributed by atoms with E-state index in [2.05, 4.69) is 0 Å². The molecule has 1 aromatic carbocycles. The Bertz CT molecular complexity index is 654. The standard InChI is InChI=1S/C15H13NO3/c17-14-3-1-2-10-16(14)11-13-6-4-12(5-7-13)8-9-15(18)19/h1-10H,11H2,(H,18,19). The first-order valence-electron chi connectivity index (χ1n) is 5.80. The number of hydrogen-bond donors (Lipinski definition) is 1. The Kier molecular flexibility index (Phi) is 3.93. The number of aliphatic carboxylic acids is 1. The maximum atomic E-state index is 11.6. The average Bonchev–Trinajstić information content (AvgIpc) is 2.40. The molecule has 0 saturated heterocycles. The lowest BCUT2D eigenvalue weighted by Gasteiger charge is -2.05. The molecule has 0 aliphatic carbocycles. The minimum Gasteiger partial charge on any atom is -0.478 e. The van der Waals surface area contributed by atoms with E-state index in [1.165, 1.54) is 12.1 Å². The molecule has 0 spiro atoms. The predicted octanol–water partition coefficient (Wildman–Crippen LogP) is 1.99. The van der Waals surface area contributed by atoms with Crippen LogP contribution in [0.1, 0.15) is 11.1 Å². The number of rotatable bonds is 4. The second kappa shape index (κ2) is 5.82. The van der Waals surface area contributed by atoms with Crippen molar-refractivity contribution in [3.8, 4) is 0 Å². The third-order valence-corrected chi connectivity index (χ3v) is 2.65. The third kappa shape index (κ3) is 3.67. The fourth-order valence-corrected chi connectivity index (χ4v) is 1.69. The van der Waals surface area contributed by atoms with E-state index in [-0.39, 0.29) is 5.56 Å². The summed E-state index contributed by atoms with van der Waals surface area (Å²) in [5.41, 5.74) is 1.75. The molecule has 19 heavy (non-hydrogen) atoms. The van der Waals surface area contributed by atoms with Gasteiger partial charge in [0, 0.05) is 18.3 Å². The summed E-state index contributed by atoms with van der Waals surface area (Å²) in [6.07, 6.45) is 4.36.